The maximum Gasteiger partial charge on any atom is 0.441 e. The third-order valence-corrected chi connectivity index (χ3v) is 8.63. The van der Waals surface area contributed by atoms with Gasteiger partial charge in [0, 0.05) is 28.8 Å². The van der Waals surface area contributed by atoms with Gasteiger partial charge in [-0.25, -0.2) is 24.5 Å². The lowest BCUT2D eigenvalue weighted by Gasteiger charge is -2.46. The van der Waals surface area contributed by atoms with E-state index in [0.29, 0.717) is 16.2 Å². The normalized spacial score (nSPS) is 13.4. The molecule has 0 aliphatic heterocycles. The number of carboxylic acid groups (broad SMARTS) is 2. The van der Waals surface area contributed by atoms with E-state index in [1.807, 2.05) is 0 Å². The highest BCUT2D eigenvalue weighted by Gasteiger charge is 2.53. The largest absolute Gasteiger partial charge is 0.464 e. The first kappa shape index (κ1) is 43.6. The smallest absolute Gasteiger partial charge is 0.441 e. The first-order valence-electron chi connectivity index (χ1n) is 17.3. The second-order valence-electron chi connectivity index (χ2n) is 17.5. The van der Waals surface area contributed by atoms with Crippen molar-refractivity contribution in [3.8, 4) is 11.1 Å². The van der Waals surface area contributed by atoms with Crippen LogP contribution < -0.4 is 5.32 Å². The second kappa shape index (κ2) is 15.2. The Labute approximate surface area is 310 Å². The van der Waals surface area contributed by atoms with Gasteiger partial charge in [-0.15, -0.1) is 5.06 Å². The summed E-state index contributed by atoms with van der Waals surface area (Å²) in [6.07, 6.45) is -2.66. The van der Waals surface area contributed by atoms with Crippen LogP contribution in [0, 0.1) is 6.92 Å². The summed E-state index contributed by atoms with van der Waals surface area (Å²) in [7, 11) is 0. The Morgan fingerprint density at radius 2 is 1.00 bits per heavy atom. The molecule has 0 aromatic heterocycles. The van der Waals surface area contributed by atoms with Crippen molar-refractivity contribution < 1.29 is 39.0 Å². The van der Waals surface area contributed by atoms with E-state index in [1.54, 1.807) is 6.92 Å². The van der Waals surface area contributed by atoms with Crippen LogP contribution in [0.1, 0.15) is 130 Å². The molecule has 0 atom stereocenters. The molecule has 10 heteroatoms. The van der Waals surface area contributed by atoms with Crippen LogP contribution in [-0.2, 0) is 46.4 Å². The van der Waals surface area contributed by atoms with Gasteiger partial charge in [0.15, 0.2) is 5.60 Å². The van der Waals surface area contributed by atoms with Crippen molar-refractivity contribution in [3.63, 3.8) is 0 Å². The first-order valence-corrected chi connectivity index (χ1v) is 17.3. The van der Waals surface area contributed by atoms with Gasteiger partial charge in [0.25, 0.3) is 0 Å². The van der Waals surface area contributed by atoms with Crippen molar-refractivity contribution >= 4 is 24.1 Å². The Kier molecular flexibility index (Phi) is 12.7. The van der Waals surface area contributed by atoms with Gasteiger partial charge < -0.3 is 19.8 Å². The van der Waals surface area contributed by atoms with E-state index in [0.717, 1.165) is 33.4 Å². The SMILES string of the molecule is C=C(C)C(=O)ON(CC1(OC(=O)C(=C)C)c2c(C(C)(C)C)cc(cc2C(C)(C)C)-c2cc(C(C)(C)C)c1c(C(C)(C)C)c2)C(=O)O.[CH2]C[N]C(=O)O. The van der Waals surface area contributed by atoms with E-state index in [-0.39, 0.29) is 17.7 Å². The number of amides is 2. The number of benzene rings is 2. The molecule has 6 rings (SSSR count). The molecule has 2 aromatic rings. The number of rotatable bonds is 6. The van der Waals surface area contributed by atoms with Gasteiger partial charge in [0.2, 0.25) is 0 Å². The minimum Gasteiger partial charge on any atom is -0.464 e. The predicted molar refractivity (Wildman–Crippen MR) is 204 cm³/mol. The van der Waals surface area contributed by atoms with Crippen LogP contribution >= 0.6 is 0 Å². The number of carbonyl (C=O) groups excluding carboxylic acids is 2. The molecule has 2 aromatic carbocycles. The highest BCUT2D eigenvalue weighted by molar-refractivity contribution is 5.89. The molecule has 0 fully saturated rings. The molecule has 4 bridgehead atoms. The summed E-state index contributed by atoms with van der Waals surface area (Å²) in [5.41, 5.74) is 3.41. The lowest BCUT2D eigenvalue weighted by molar-refractivity contribution is -0.189. The van der Waals surface area contributed by atoms with Crippen LogP contribution in [0.15, 0.2) is 48.6 Å². The zero-order valence-corrected chi connectivity index (χ0v) is 33.6. The Morgan fingerprint density at radius 1 is 0.673 bits per heavy atom. The maximum atomic E-state index is 14.0. The zero-order valence-electron chi connectivity index (χ0n) is 33.6. The molecule has 4 aliphatic rings. The van der Waals surface area contributed by atoms with Crippen LogP contribution in [0.5, 0.6) is 0 Å². The van der Waals surface area contributed by atoms with Crippen LogP contribution in [0.3, 0.4) is 0 Å². The Balaban J connectivity index is 0.00000143. The van der Waals surface area contributed by atoms with Crippen molar-refractivity contribution in [1.82, 2.24) is 10.4 Å². The fraction of sp³-hybridized carbons (Fsp3) is 0.500. The number of ether oxygens (including phenoxy) is 1. The monoisotopic (exact) mass is 718 g/mol. The molecule has 0 saturated heterocycles. The second-order valence-corrected chi connectivity index (χ2v) is 17.5. The molecule has 2 amide bonds. The summed E-state index contributed by atoms with van der Waals surface area (Å²) in [6.45, 7) is 38.4. The predicted octanol–water partition coefficient (Wildman–Crippen LogP) is 9.34. The van der Waals surface area contributed by atoms with Gasteiger partial charge in [0.1, 0.15) is 6.54 Å². The topological polar surface area (TPSA) is 145 Å². The first-order chi connectivity index (χ1) is 23.4. The van der Waals surface area contributed by atoms with Crippen LogP contribution in [0.4, 0.5) is 9.59 Å². The van der Waals surface area contributed by atoms with Gasteiger partial charge >= 0.3 is 24.1 Å². The molecule has 0 saturated carbocycles. The van der Waals surface area contributed by atoms with Crippen molar-refractivity contribution in [1.29, 1.82) is 0 Å². The summed E-state index contributed by atoms with van der Waals surface area (Å²) in [5.74, 6) is -1.60. The third kappa shape index (κ3) is 9.63. The number of carbonyl (C=O) groups is 4. The van der Waals surface area contributed by atoms with E-state index in [1.165, 1.54) is 6.92 Å². The number of nitrogens with zero attached hydrogens (tertiary/aromatic N) is 2. The van der Waals surface area contributed by atoms with Crippen LogP contribution in [0.25, 0.3) is 11.1 Å². The molecule has 10 nitrogen and oxygen atoms in total. The quantitative estimate of drug-likeness (QED) is 0.171. The highest BCUT2D eigenvalue weighted by atomic mass is 16.7. The van der Waals surface area contributed by atoms with Crippen molar-refractivity contribution in [2.75, 3.05) is 13.1 Å². The van der Waals surface area contributed by atoms with Crippen molar-refractivity contribution in [2.45, 2.75) is 124 Å². The maximum absolute atomic E-state index is 14.0. The van der Waals surface area contributed by atoms with E-state index in [4.69, 9.17) is 14.7 Å². The van der Waals surface area contributed by atoms with E-state index < -0.39 is 57.9 Å². The third-order valence-electron chi connectivity index (χ3n) is 8.63. The summed E-state index contributed by atoms with van der Waals surface area (Å²) in [4.78, 5) is 54.9. The number of hydrogen-bond donors (Lipinski definition) is 2. The summed E-state index contributed by atoms with van der Waals surface area (Å²) in [6, 6.07) is 8.54. The molecule has 0 spiro atoms. The Morgan fingerprint density at radius 3 is 1.21 bits per heavy atom. The molecule has 0 unspecified atom stereocenters. The van der Waals surface area contributed by atoms with E-state index >= 15 is 0 Å². The van der Waals surface area contributed by atoms with E-state index in [9.17, 15) is 24.3 Å². The van der Waals surface area contributed by atoms with Gasteiger partial charge in [-0.2, -0.15) is 0 Å². The minimum atomic E-state index is -1.79. The lowest BCUT2D eigenvalue weighted by Crippen LogP contribution is -2.51. The fourth-order valence-corrected chi connectivity index (χ4v) is 6.13. The average Bonchev–Trinajstić information content (AvgIpc) is 3.09. The van der Waals surface area contributed by atoms with Gasteiger partial charge in [-0.3, -0.25) is 0 Å². The fourth-order valence-electron chi connectivity index (χ4n) is 6.13. The van der Waals surface area contributed by atoms with Crippen LogP contribution in [0.2, 0.25) is 0 Å². The molecular formula is C42H58N2O8. The number of hydrogen-bond acceptors (Lipinski definition) is 6. The molecule has 2 N–H and O–H groups in total. The Bertz CT molecular complexity index is 1610. The average molecular weight is 719 g/mol. The molecule has 0 heterocycles. The van der Waals surface area contributed by atoms with Gasteiger partial charge in [0.05, 0.1) is 0 Å². The van der Waals surface area contributed by atoms with Crippen LogP contribution in [-0.4, -0.2) is 52.5 Å². The number of hydroxylamine groups is 2. The Hall–Kier alpha value is -4.60. The standard InChI is InChI=1S/C39H53NO6.C3H5NO2/c1-22(2)32(41)45-39(21-40(34(43)44)46-33(42)23(3)4)30-26(35(5,6)7)17-24(18-27(30)36(8,9)10)25-19-28(37(11,12)13)31(39)29(20-25)38(14,15)16;1-2-4-3(5)6/h17-20H,1,3,21H2,2,4-16H3,(H,43,44);1-2H2,(H,5,6). The zero-order chi connectivity index (χ0) is 40.5. The number of esters is 1. The summed E-state index contributed by atoms with van der Waals surface area (Å²) in [5, 5.41) is 21.8. The molecule has 4 aliphatic carbocycles. The van der Waals surface area contributed by atoms with Crippen molar-refractivity contribution in [2.24, 2.45) is 0 Å². The summed E-state index contributed by atoms with van der Waals surface area (Å²) < 4.78 is 6.80. The van der Waals surface area contributed by atoms with Gasteiger partial charge in [-0.05, 0) is 75.8 Å². The molecule has 284 valence electrons. The minimum absolute atomic E-state index is 0.0268. The van der Waals surface area contributed by atoms with Crippen molar-refractivity contribution in [3.05, 3.63) is 88.9 Å². The van der Waals surface area contributed by atoms with Gasteiger partial charge in [-0.1, -0.05) is 121 Å². The highest BCUT2D eigenvalue weighted by Crippen LogP contribution is 2.54. The molecule has 52 heavy (non-hydrogen) atoms. The lowest BCUT2D eigenvalue weighted by atomic mass is 9.65. The molecular weight excluding hydrogens is 660 g/mol. The molecule has 2 radical (unpaired) electrons. The van der Waals surface area contributed by atoms with E-state index in [2.05, 4.69) is 133 Å². The summed E-state index contributed by atoms with van der Waals surface area (Å²) >= 11 is 0.